The molecular weight excluding hydrogens is 238 g/mol. The number of hydrogen-bond acceptors (Lipinski definition) is 3. The summed E-state index contributed by atoms with van der Waals surface area (Å²) in [6.45, 7) is 9.59. The largest absolute Gasteiger partial charge is 0.396 e. The first-order valence-electron chi connectivity index (χ1n) is 6.93. The van der Waals surface area contributed by atoms with Gasteiger partial charge in [-0.1, -0.05) is 39.0 Å². The number of hydrogen-bond donors (Lipinski definition) is 3. The second kappa shape index (κ2) is 7.04. The van der Waals surface area contributed by atoms with Crippen LogP contribution in [-0.2, 0) is 12.0 Å². The molecule has 19 heavy (non-hydrogen) atoms. The van der Waals surface area contributed by atoms with Crippen LogP contribution < -0.4 is 5.32 Å². The van der Waals surface area contributed by atoms with E-state index in [0.29, 0.717) is 6.42 Å². The van der Waals surface area contributed by atoms with Gasteiger partial charge in [0, 0.05) is 19.2 Å². The second-order valence-corrected chi connectivity index (χ2v) is 6.16. The fourth-order valence-corrected chi connectivity index (χ4v) is 2.00. The van der Waals surface area contributed by atoms with E-state index in [1.165, 1.54) is 16.7 Å². The molecule has 0 aliphatic heterocycles. The van der Waals surface area contributed by atoms with Crippen molar-refractivity contribution in [2.45, 2.75) is 52.1 Å². The fraction of sp³-hybridized carbons (Fsp3) is 0.625. The normalized spacial score (nSPS) is 13.6. The van der Waals surface area contributed by atoms with Gasteiger partial charge in [-0.05, 0) is 35.4 Å². The Morgan fingerprint density at radius 2 is 1.89 bits per heavy atom. The molecule has 3 heteroatoms. The summed E-state index contributed by atoms with van der Waals surface area (Å²) in [7, 11) is 0. The molecule has 0 radical (unpaired) electrons. The Balaban J connectivity index is 2.77. The molecule has 0 saturated heterocycles. The van der Waals surface area contributed by atoms with Crippen molar-refractivity contribution in [3.05, 3.63) is 34.9 Å². The zero-order chi connectivity index (χ0) is 14.5. The van der Waals surface area contributed by atoms with E-state index in [0.717, 1.165) is 6.54 Å². The highest BCUT2D eigenvalue weighted by Gasteiger charge is 2.15. The molecule has 0 saturated carbocycles. The first-order chi connectivity index (χ1) is 8.88. The minimum absolute atomic E-state index is 0.0392. The highest BCUT2D eigenvalue weighted by Crippen LogP contribution is 2.24. The van der Waals surface area contributed by atoms with Crippen molar-refractivity contribution in [2.75, 3.05) is 13.2 Å². The van der Waals surface area contributed by atoms with Gasteiger partial charge >= 0.3 is 0 Å². The quantitative estimate of drug-likeness (QED) is 0.738. The second-order valence-electron chi connectivity index (χ2n) is 6.16. The molecule has 1 unspecified atom stereocenters. The minimum atomic E-state index is -0.0392. The molecule has 0 amide bonds. The van der Waals surface area contributed by atoms with E-state index in [1.807, 2.05) is 0 Å². The third-order valence-electron chi connectivity index (χ3n) is 3.49. The average molecular weight is 265 g/mol. The topological polar surface area (TPSA) is 52.5 Å². The maximum atomic E-state index is 9.21. The first-order valence-corrected chi connectivity index (χ1v) is 6.93. The number of aryl methyl sites for hydroxylation is 1. The summed E-state index contributed by atoms with van der Waals surface area (Å²) >= 11 is 0. The third-order valence-corrected chi connectivity index (χ3v) is 3.49. The van der Waals surface area contributed by atoms with Gasteiger partial charge in [0.1, 0.15) is 0 Å². The van der Waals surface area contributed by atoms with Crippen molar-refractivity contribution in [1.29, 1.82) is 0 Å². The van der Waals surface area contributed by atoms with Gasteiger partial charge in [0.05, 0.1) is 6.61 Å². The van der Waals surface area contributed by atoms with Gasteiger partial charge < -0.3 is 15.5 Å². The molecule has 1 atom stereocenters. The van der Waals surface area contributed by atoms with Crippen LogP contribution in [0.5, 0.6) is 0 Å². The molecule has 1 aromatic carbocycles. The van der Waals surface area contributed by atoms with Crippen LogP contribution in [-0.4, -0.2) is 29.5 Å². The van der Waals surface area contributed by atoms with E-state index in [9.17, 15) is 5.11 Å². The Bertz CT molecular complexity index is 396. The van der Waals surface area contributed by atoms with E-state index in [4.69, 9.17) is 5.11 Å². The molecule has 3 N–H and O–H groups in total. The van der Waals surface area contributed by atoms with Crippen molar-refractivity contribution in [3.8, 4) is 0 Å². The predicted octanol–water partition coefficient (Wildman–Crippen LogP) is 2.13. The Kier molecular flexibility index (Phi) is 5.98. The maximum absolute atomic E-state index is 9.21. The SMILES string of the molecule is Cc1ccc(C(C)(C)C)cc1CNC(CO)CCO. The van der Waals surface area contributed by atoms with Crippen LogP contribution in [0.2, 0.25) is 0 Å². The Hall–Kier alpha value is -0.900. The zero-order valence-electron chi connectivity index (χ0n) is 12.5. The van der Waals surface area contributed by atoms with E-state index < -0.39 is 0 Å². The van der Waals surface area contributed by atoms with E-state index in [2.05, 4.69) is 51.2 Å². The lowest BCUT2D eigenvalue weighted by atomic mass is 9.85. The summed E-state index contributed by atoms with van der Waals surface area (Å²) in [5, 5.41) is 21.4. The first kappa shape index (κ1) is 16.2. The van der Waals surface area contributed by atoms with Crippen molar-refractivity contribution < 1.29 is 10.2 Å². The van der Waals surface area contributed by atoms with Crippen molar-refractivity contribution in [1.82, 2.24) is 5.32 Å². The van der Waals surface area contributed by atoms with Gasteiger partial charge in [0.25, 0.3) is 0 Å². The van der Waals surface area contributed by atoms with Crippen molar-refractivity contribution in [3.63, 3.8) is 0 Å². The molecule has 0 aromatic heterocycles. The van der Waals surface area contributed by atoms with Gasteiger partial charge in [-0.15, -0.1) is 0 Å². The fourth-order valence-electron chi connectivity index (χ4n) is 2.00. The maximum Gasteiger partial charge on any atom is 0.0585 e. The van der Waals surface area contributed by atoms with Crippen LogP contribution in [0, 0.1) is 6.92 Å². The van der Waals surface area contributed by atoms with Crippen LogP contribution in [0.15, 0.2) is 18.2 Å². The van der Waals surface area contributed by atoms with Crippen LogP contribution >= 0.6 is 0 Å². The predicted molar refractivity (Wildman–Crippen MR) is 79.3 cm³/mol. The van der Waals surface area contributed by atoms with Crippen LogP contribution in [0.1, 0.15) is 43.9 Å². The van der Waals surface area contributed by atoms with Crippen LogP contribution in [0.4, 0.5) is 0 Å². The van der Waals surface area contributed by atoms with Crippen molar-refractivity contribution >= 4 is 0 Å². The number of benzene rings is 1. The Morgan fingerprint density at radius 3 is 2.42 bits per heavy atom. The molecule has 0 heterocycles. The van der Waals surface area contributed by atoms with E-state index in [1.54, 1.807) is 0 Å². The highest BCUT2D eigenvalue weighted by molar-refractivity contribution is 5.34. The summed E-state index contributed by atoms with van der Waals surface area (Å²) in [5.41, 5.74) is 3.96. The van der Waals surface area contributed by atoms with Gasteiger partial charge in [-0.3, -0.25) is 0 Å². The van der Waals surface area contributed by atoms with Crippen LogP contribution in [0.25, 0.3) is 0 Å². The molecular formula is C16H27NO2. The summed E-state index contributed by atoms with van der Waals surface area (Å²) in [6, 6.07) is 6.52. The average Bonchev–Trinajstić information content (AvgIpc) is 2.34. The molecule has 0 aliphatic carbocycles. The highest BCUT2D eigenvalue weighted by atomic mass is 16.3. The molecule has 108 valence electrons. The summed E-state index contributed by atoms with van der Waals surface area (Å²) in [4.78, 5) is 0. The Labute approximate surface area is 116 Å². The zero-order valence-corrected chi connectivity index (χ0v) is 12.5. The Morgan fingerprint density at radius 1 is 1.21 bits per heavy atom. The number of aliphatic hydroxyl groups excluding tert-OH is 2. The summed E-state index contributed by atoms with van der Waals surface area (Å²) in [5.74, 6) is 0. The molecule has 1 rings (SSSR count). The minimum Gasteiger partial charge on any atom is -0.396 e. The standard InChI is InChI=1S/C16H27NO2/c1-12-5-6-14(16(2,3)4)9-13(12)10-17-15(11-19)7-8-18/h5-6,9,15,17-19H,7-8,10-11H2,1-4H3. The van der Waals surface area contributed by atoms with E-state index >= 15 is 0 Å². The summed E-state index contributed by atoms with van der Waals surface area (Å²) in [6.07, 6.45) is 0.578. The number of aliphatic hydroxyl groups is 2. The van der Waals surface area contributed by atoms with Gasteiger partial charge in [-0.2, -0.15) is 0 Å². The summed E-state index contributed by atoms with van der Waals surface area (Å²) < 4.78 is 0. The molecule has 0 spiro atoms. The smallest absolute Gasteiger partial charge is 0.0585 e. The van der Waals surface area contributed by atoms with Crippen LogP contribution in [0.3, 0.4) is 0 Å². The van der Waals surface area contributed by atoms with E-state index in [-0.39, 0.29) is 24.7 Å². The molecule has 1 aromatic rings. The number of rotatable bonds is 6. The monoisotopic (exact) mass is 265 g/mol. The van der Waals surface area contributed by atoms with Gasteiger partial charge in [-0.25, -0.2) is 0 Å². The number of nitrogens with one attached hydrogen (secondary N) is 1. The van der Waals surface area contributed by atoms with Gasteiger partial charge in [0.15, 0.2) is 0 Å². The molecule has 3 nitrogen and oxygen atoms in total. The van der Waals surface area contributed by atoms with Crippen molar-refractivity contribution in [2.24, 2.45) is 0 Å². The lowest BCUT2D eigenvalue weighted by Crippen LogP contribution is -2.33. The molecule has 0 fully saturated rings. The lowest BCUT2D eigenvalue weighted by molar-refractivity contribution is 0.199. The molecule has 0 bridgehead atoms. The van der Waals surface area contributed by atoms with Gasteiger partial charge in [0.2, 0.25) is 0 Å². The molecule has 0 aliphatic rings. The lowest BCUT2D eigenvalue weighted by Gasteiger charge is -2.22. The third kappa shape index (κ3) is 4.94.